The van der Waals surface area contributed by atoms with Crippen molar-refractivity contribution in [3.05, 3.63) is 44.3 Å². The van der Waals surface area contributed by atoms with Gasteiger partial charge in [0.1, 0.15) is 6.10 Å². The third-order valence-corrected chi connectivity index (χ3v) is 7.45. The van der Waals surface area contributed by atoms with E-state index in [9.17, 15) is 9.90 Å². The van der Waals surface area contributed by atoms with E-state index < -0.39 is 6.10 Å². The van der Waals surface area contributed by atoms with E-state index in [1.807, 2.05) is 29.6 Å². The lowest BCUT2D eigenvalue weighted by Gasteiger charge is -2.27. The van der Waals surface area contributed by atoms with Gasteiger partial charge in [0.15, 0.2) is 0 Å². The van der Waals surface area contributed by atoms with Crippen LogP contribution < -0.4 is 5.32 Å². The quantitative estimate of drug-likeness (QED) is 0.624. The summed E-state index contributed by atoms with van der Waals surface area (Å²) in [6.07, 6.45) is 7.84. The first-order chi connectivity index (χ1) is 12.7. The van der Waals surface area contributed by atoms with E-state index in [1.54, 1.807) is 22.7 Å². The molecule has 0 radical (unpaired) electrons. The molecule has 1 unspecified atom stereocenters. The van der Waals surface area contributed by atoms with Gasteiger partial charge in [-0.3, -0.25) is 4.79 Å². The summed E-state index contributed by atoms with van der Waals surface area (Å²) >= 11 is 3.14. The fraction of sp³-hybridized carbons (Fsp3) is 0.571. The molecule has 2 N–H and O–H groups in total. The van der Waals surface area contributed by atoms with Crippen LogP contribution in [0.2, 0.25) is 0 Å². The van der Waals surface area contributed by atoms with E-state index >= 15 is 0 Å². The monoisotopic (exact) mass is 391 g/mol. The zero-order valence-corrected chi connectivity index (χ0v) is 17.1. The largest absolute Gasteiger partial charge is 0.382 e. The van der Waals surface area contributed by atoms with Crippen molar-refractivity contribution < 1.29 is 9.90 Å². The van der Waals surface area contributed by atoms with Gasteiger partial charge in [0.25, 0.3) is 0 Å². The van der Waals surface area contributed by atoms with Crippen LogP contribution in [0.1, 0.15) is 72.6 Å². The molecule has 1 aliphatic rings. The van der Waals surface area contributed by atoms with Gasteiger partial charge in [-0.1, -0.05) is 32.3 Å². The Morgan fingerprint density at radius 2 is 2.04 bits per heavy atom. The molecule has 2 aromatic heterocycles. The molecule has 0 bridgehead atoms. The lowest BCUT2D eigenvalue weighted by molar-refractivity contribution is -0.126. The van der Waals surface area contributed by atoms with Crippen molar-refractivity contribution in [2.24, 2.45) is 11.8 Å². The summed E-state index contributed by atoms with van der Waals surface area (Å²) < 4.78 is 0. The number of hydrogen-bond acceptors (Lipinski definition) is 4. The SMILES string of the molecule is CCCCC1CCC(C(=O)NCc2ccc(C(O)c3cccs3)s2)CC1. The predicted molar refractivity (Wildman–Crippen MR) is 110 cm³/mol. The Bertz CT molecular complexity index is 672. The number of rotatable bonds is 8. The second-order valence-electron chi connectivity index (χ2n) is 7.30. The Kier molecular flexibility index (Phi) is 7.29. The van der Waals surface area contributed by atoms with Crippen LogP contribution in [0.4, 0.5) is 0 Å². The molecule has 0 aliphatic heterocycles. The summed E-state index contributed by atoms with van der Waals surface area (Å²) in [5, 5.41) is 15.5. The van der Waals surface area contributed by atoms with Crippen molar-refractivity contribution >= 4 is 28.6 Å². The number of hydrogen-bond donors (Lipinski definition) is 2. The van der Waals surface area contributed by atoms with Gasteiger partial charge in [-0.2, -0.15) is 0 Å². The molecule has 2 heterocycles. The zero-order valence-electron chi connectivity index (χ0n) is 15.4. The van der Waals surface area contributed by atoms with Gasteiger partial charge < -0.3 is 10.4 Å². The highest BCUT2D eigenvalue weighted by molar-refractivity contribution is 7.12. The van der Waals surface area contributed by atoms with Gasteiger partial charge in [-0.05, 0) is 55.2 Å². The Morgan fingerprint density at radius 1 is 1.23 bits per heavy atom. The minimum atomic E-state index is -0.553. The standard InChI is InChI=1S/C21H29NO2S2/c1-2-3-5-15-7-9-16(10-8-15)21(24)22-14-17-11-12-19(26-17)20(23)18-6-4-13-25-18/h4,6,11-13,15-16,20,23H,2-3,5,7-10,14H2,1H3,(H,22,24). The third-order valence-electron chi connectivity index (χ3n) is 5.38. The van der Waals surface area contributed by atoms with Crippen LogP contribution in [-0.2, 0) is 11.3 Å². The van der Waals surface area contributed by atoms with Gasteiger partial charge >= 0.3 is 0 Å². The predicted octanol–water partition coefficient (Wildman–Crippen LogP) is 5.50. The van der Waals surface area contributed by atoms with Crippen LogP contribution in [0.5, 0.6) is 0 Å². The highest BCUT2D eigenvalue weighted by Gasteiger charge is 2.25. The van der Waals surface area contributed by atoms with Gasteiger partial charge in [0.2, 0.25) is 5.91 Å². The molecule has 1 aliphatic carbocycles. The normalized spacial score (nSPS) is 21.5. The van der Waals surface area contributed by atoms with Gasteiger partial charge in [0.05, 0.1) is 6.54 Å². The molecule has 1 amide bonds. The van der Waals surface area contributed by atoms with E-state index in [0.717, 1.165) is 33.4 Å². The van der Waals surface area contributed by atoms with Crippen molar-refractivity contribution in [1.82, 2.24) is 5.32 Å². The molecule has 3 rings (SSSR count). The molecule has 5 heteroatoms. The number of aliphatic hydroxyl groups is 1. The van der Waals surface area contributed by atoms with Crippen LogP contribution in [0, 0.1) is 11.8 Å². The van der Waals surface area contributed by atoms with E-state index in [1.165, 1.54) is 32.1 Å². The lowest BCUT2D eigenvalue weighted by Crippen LogP contribution is -2.32. The highest BCUT2D eigenvalue weighted by atomic mass is 32.1. The minimum Gasteiger partial charge on any atom is -0.382 e. The van der Waals surface area contributed by atoms with E-state index in [4.69, 9.17) is 0 Å². The number of unbranched alkanes of at least 4 members (excludes halogenated alkanes) is 1. The van der Waals surface area contributed by atoms with Crippen LogP contribution in [0.25, 0.3) is 0 Å². The van der Waals surface area contributed by atoms with Crippen molar-refractivity contribution in [3.8, 4) is 0 Å². The lowest BCUT2D eigenvalue weighted by atomic mass is 9.79. The van der Waals surface area contributed by atoms with Crippen LogP contribution in [0.15, 0.2) is 29.6 Å². The summed E-state index contributed by atoms with van der Waals surface area (Å²) in [6.45, 7) is 2.81. The number of carbonyl (C=O) groups is 1. The second kappa shape index (κ2) is 9.67. The molecular formula is C21H29NO2S2. The first-order valence-corrected chi connectivity index (χ1v) is 11.4. The Balaban J connectivity index is 1.44. The summed E-state index contributed by atoms with van der Waals surface area (Å²) in [5.74, 6) is 1.22. The highest BCUT2D eigenvalue weighted by Crippen LogP contribution is 2.33. The smallest absolute Gasteiger partial charge is 0.223 e. The number of nitrogens with one attached hydrogen (secondary N) is 1. The Labute approximate surface area is 164 Å². The topological polar surface area (TPSA) is 49.3 Å². The van der Waals surface area contributed by atoms with Crippen molar-refractivity contribution in [2.75, 3.05) is 0 Å². The van der Waals surface area contributed by atoms with E-state index in [0.29, 0.717) is 6.54 Å². The van der Waals surface area contributed by atoms with Crippen molar-refractivity contribution in [3.63, 3.8) is 0 Å². The molecule has 3 nitrogen and oxygen atoms in total. The maximum absolute atomic E-state index is 12.5. The van der Waals surface area contributed by atoms with Gasteiger partial charge in [-0.25, -0.2) is 0 Å². The summed E-state index contributed by atoms with van der Waals surface area (Å²) in [4.78, 5) is 15.5. The van der Waals surface area contributed by atoms with Gasteiger partial charge in [-0.15, -0.1) is 22.7 Å². The molecule has 26 heavy (non-hydrogen) atoms. The van der Waals surface area contributed by atoms with Crippen LogP contribution in [0.3, 0.4) is 0 Å². The van der Waals surface area contributed by atoms with E-state index in [2.05, 4.69) is 12.2 Å². The van der Waals surface area contributed by atoms with Crippen molar-refractivity contribution in [1.29, 1.82) is 0 Å². The fourth-order valence-corrected chi connectivity index (χ4v) is 5.51. The van der Waals surface area contributed by atoms with Crippen LogP contribution >= 0.6 is 22.7 Å². The molecule has 1 saturated carbocycles. The third kappa shape index (κ3) is 5.18. The molecule has 0 aromatic carbocycles. The van der Waals surface area contributed by atoms with Crippen molar-refractivity contribution in [2.45, 2.75) is 64.5 Å². The first-order valence-electron chi connectivity index (χ1n) is 9.75. The first kappa shape index (κ1) is 19.6. The summed E-state index contributed by atoms with van der Waals surface area (Å²) in [5.41, 5.74) is 0. The molecule has 142 valence electrons. The number of carbonyl (C=O) groups excluding carboxylic acids is 1. The second-order valence-corrected chi connectivity index (χ2v) is 9.48. The Morgan fingerprint density at radius 3 is 2.73 bits per heavy atom. The average Bonchev–Trinajstić information content (AvgIpc) is 3.36. The number of aliphatic hydroxyl groups excluding tert-OH is 1. The van der Waals surface area contributed by atoms with Crippen LogP contribution in [-0.4, -0.2) is 11.0 Å². The fourth-order valence-electron chi connectivity index (χ4n) is 3.75. The Hall–Kier alpha value is -1.17. The molecule has 1 fully saturated rings. The summed E-state index contributed by atoms with van der Waals surface area (Å²) in [7, 11) is 0. The van der Waals surface area contributed by atoms with E-state index in [-0.39, 0.29) is 11.8 Å². The molecule has 1 atom stereocenters. The minimum absolute atomic E-state index is 0.184. The maximum Gasteiger partial charge on any atom is 0.223 e. The van der Waals surface area contributed by atoms with Gasteiger partial charge in [0, 0.05) is 20.5 Å². The molecular weight excluding hydrogens is 362 g/mol. The molecule has 0 spiro atoms. The number of thiophene rings is 2. The summed E-state index contributed by atoms with van der Waals surface area (Å²) in [6, 6.07) is 7.89. The average molecular weight is 392 g/mol. The molecule has 2 aromatic rings. The zero-order chi connectivity index (χ0) is 18.4. The molecule has 0 saturated heterocycles. The number of amides is 1. The maximum atomic E-state index is 12.5.